The Hall–Kier alpha value is -2.18. The van der Waals surface area contributed by atoms with E-state index >= 15 is 0 Å². The first-order valence-corrected chi connectivity index (χ1v) is 8.98. The van der Waals surface area contributed by atoms with Crippen molar-refractivity contribution in [2.24, 2.45) is 5.92 Å². The zero-order valence-corrected chi connectivity index (χ0v) is 15.5. The maximum absolute atomic E-state index is 13.9. The number of piperidine rings is 1. The molecule has 4 nitrogen and oxygen atoms in total. The van der Waals surface area contributed by atoms with Crippen molar-refractivity contribution in [3.63, 3.8) is 0 Å². The van der Waals surface area contributed by atoms with Crippen molar-refractivity contribution in [1.29, 1.82) is 0 Å². The number of rotatable bonds is 4. The van der Waals surface area contributed by atoms with Crippen LogP contribution in [-0.4, -0.2) is 23.5 Å². The second-order valence-corrected chi connectivity index (χ2v) is 7.26. The van der Waals surface area contributed by atoms with E-state index in [2.05, 4.69) is 0 Å². The highest BCUT2D eigenvalue weighted by molar-refractivity contribution is 6.40. The Kier molecular flexibility index (Phi) is 5.67. The van der Waals surface area contributed by atoms with Crippen molar-refractivity contribution in [3.05, 3.63) is 63.1 Å². The van der Waals surface area contributed by atoms with Crippen molar-refractivity contribution in [2.45, 2.75) is 19.3 Å². The molecule has 142 valence electrons. The van der Waals surface area contributed by atoms with Gasteiger partial charge in [0.05, 0.1) is 21.3 Å². The van der Waals surface area contributed by atoms with Crippen LogP contribution in [-0.2, 0) is 11.2 Å². The Balaban J connectivity index is 1.86. The Morgan fingerprint density at radius 1 is 1.19 bits per heavy atom. The lowest BCUT2D eigenvalue weighted by Crippen LogP contribution is -2.41. The summed E-state index contributed by atoms with van der Waals surface area (Å²) in [4.78, 5) is 24.9. The quantitative estimate of drug-likeness (QED) is 0.770. The molecule has 0 spiro atoms. The predicted octanol–water partition coefficient (Wildman–Crippen LogP) is 4.96. The van der Waals surface area contributed by atoms with E-state index < -0.39 is 17.6 Å². The van der Waals surface area contributed by atoms with Crippen LogP contribution < -0.4 is 4.90 Å². The molecular formula is C19H15Cl2F2NO3. The van der Waals surface area contributed by atoms with Crippen molar-refractivity contribution < 1.29 is 23.5 Å². The van der Waals surface area contributed by atoms with Crippen LogP contribution in [0.15, 0.2) is 30.3 Å². The number of benzene rings is 2. The summed E-state index contributed by atoms with van der Waals surface area (Å²) in [6, 6.07) is 5.90. The van der Waals surface area contributed by atoms with E-state index in [1.807, 2.05) is 0 Å². The second kappa shape index (κ2) is 7.82. The Labute approximate surface area is 164 Å². The molecule has 1 aliphatic rings. The van der Waals surface area contributed by atoms with Crippen LogP contribution >= 0.6 is 23.2 Å². The fraction of sp³-hybridized carbons (Fsp3) is 0.263. The fourth-order valence-electron chi connectivity index (χ4n) is 3.24. The lowest BCUT2D eigenvalue weighted by atomic mass is 9.90. The predicted molar refractivity (Wildman–Crippen MR) is 98.6 cm³/mol. The average Bonchev–Trinajstić information content (AvgIpc) is 2.59. The maximum Gasteiger partial charge on any atom is 0.335 e. The monoisotopic (exact) mass is 413 g/mol. The van der Waals surface area contributed by atoms with E-state index in [4.69, 9.17) is 28.3 Å². The molecule has 1 aliphatic heterocycles. The molecule has 0 radical (unpaired) electrons. The van der Waals surface area contributed by atoms with Crippen LogP contribution in [0.4, 0.5) is 14.5 Å². The summed E-state index contributed by atoms with van der Waals surface area (Å²) in [6.45, 7) is 0.251. The highest BCUT2D eigenvalue weighted by atomic mass is 35.5. The molecule has 27 heavy (non-hydrogen) atoms. The van der Waals surface area contributed by atoms with Gasteiger partial charge >= 0.3 is 5.97 Å². The molecular weight excluding hydrogens is 399 g/mol. The van der Waals surface area contributed by atoms with Gasteiger partial charge in [-0.1, -0.05) is 29.3 Å². The first kappa shape index (κ1) is 19.6. The molecule has 1 fully saturated rings. The third-order valence-electron chi connectivity index (χ3n) is 4.57. The van der Waals surface area contributed by atoms with Gasteiger partial charge in [-0.15, -0.1) is 0 Å². The third-order valence-corrected chi connectivity index (χ3v) is 5.14. The van der Waals surface area contributed by atoms with Gasteiger partial charge in [0.25, 0.3) is 0 Å². The minimum absolute atomic E-state index is 0.0573. The summed E-state index contributed by atoms with van der Waals surface area (Å²) in [5.74, 6) is -2.72. The molecule has 1 amide bonds. The Bertz CT molecular complexity index is 897. The van der Waals surface area contributed by atoms with E-state index in [9.17, 15) is 18.4 Å². The molecule has 1 saturated heterocycles. The van der Waals surface area contributed by atoms with Gasteiger partial charge in [0.2, 0.25) is 5.91 Å². The largest absolute Gasteiger partial charge is 0.478 e. The van der Waals surface area contributed by atoms with Gasteiger partial charge in [0.1, 0.15) is 11.6 Å². The number of nitrogens with zero attached hydrogens (tertiary/aromatic N) is 1. The van der Waals surface area contributed by atoms with E-state index in [0.29, 0.717) is 18.4 Å². The molecule has 8 heteroatoms. The Morgan fingerprint density at radius 3 is 2.44 bits per heavy atom. The number of anilines is 1. The normalized spacial score (nSPS) is 17.3. The number of hydrogen-bond acceptors (Lipinski definition) is 2. The summed E-state index contributed by atoms with van der Waals surface area (Å²) < 4.78 is 27.0. The number of carboxylic acid groups (broad SMARTS) is 1. The first-order chi connectivity index (χ1) is 12.8. The van der Waals surface area contributed by atoms with Gasteiger partial charge in [-0.3, -0.25) is 4.79 Å². The van der Waals surface area contributed by atoms with Crippen LogP contribution in [0.1, 0.15) is 28.8 Å². The van der Waals surface area contributed by atoms with Crippen LogP contribution in [0.2, 0.25) is 10.0 Å². The summed E-state index contributed by atoms with van der Waals surface area (Å²) >= 11 is 12.4. The molecule has 1 heterocycles. The zero-order valence-electron chi connectivity index (χ0n) is 14.0. The van der Waals surface area contributed by atoms with Gasteiger partial charge < -0.3 is 10.0 Å². The number of carbonyl (C=O) groups is 2. The highest BCUT2D eigenvalue weighted by Crippen LogP contribution is 2.38. The number of carbonyl (C=O) groups excluding carboxylic acids is 1. The van der Waals surface area contributed by atoms with Gasteiger partial charge in [0.15, 0.2) is 0 Å². The van der Waals surface area contributed by atoms with Gasteiger partial charge in [-0.2, -0.15) is 0 Å². The van der Waals surface area contributed by atoms with Crippen molar-refractivity contribution >= 4 is 40.8 Å². The minimum Gasteiger partial charge on any atom is -0.478 e. The molecule has 1 N–H and O–H groups in total. The molecule has 0 aliphatic carbocycles. The molecule has 0 bridgehead atoms. The number of halogens is 4. The van der Waals surface area contributed by atoms with E-state index in [1.54, 1.807) is 0 Å². The number of aromatic carboxylic acids is 1. The smallest absolute Gasteiger partial charge is 0.335 e. The molecule has 1 atom stereocenters. The van der Waals surface area contributed by atoms with Gasteiger partial charge in [-0.25, -0.2) is 13.6 Å². The maximum atomic E-state index is 13.9. The Morgan fingerprint density at radius 2 is 1.85 bits per heavy atom. The summed E-state index contributed by atoms with van der Waals surface area (Å²) in [7, 11) is 0. The van der Waals surface area contributed by atoms with Crippen LogP contribution in [0.25, 0.3) is 0 Å². The lowest BCUT2D eigenvalue weighted by Gasteiger charge is -2.34. The molecule has 2 aromatic rings. The molecule has 0 saturated carbocycles. The van der Waals surface area contributed by atoms with Crippen molar-refractivity contribution in [1.82, 2.24) is 0 Å². The minimum atomic E-state index is -1.18. The van der Waals surface area contributed by atoms with Gasteiger partial charge in [0, 0.05) is 19.0 Å². The van der Waals surface area contributed by atoms with Crippen molar-refractivity contribution in [3.8, 4) is 0 Å². The topological polar surface area (TPSA) is 57.6 Å². The van der Waals surface area contributed by atoms with Crippen LogP contribution in [0, 0.1) is 17.6 Å². The standard InChI is InChI=1S/C19H15Cl2F2NO3/c20-14-6-12(19(26)27)7-15(21)18(14)24-9-10(1-4-17(24)25)5-11-2-3-13(22)8-16(11)23/h2-3,6-8,10H,1,4-5,9H2,(H,26,27). The summed E-state index contributed by atoms with van der Waals surface area (Å²) in [6.07, 6.45) is 1.10. The molecule has 0 aromatic heterocycles. The zero-order chi connectivity index (χ0) is 19.7. The van der Waals surface area contributed by atoms with Crippen LogP contribution in [0.5, 0.6) is 0 Å². The third kappa shape index (κ3) is 4.22. The number of carboxylic acids is 1. The second-order valence-electron chi connectivity index (χ2n) is 6.44. The van der Waals surface area contributed by atoms with Crippen LogP contribution in [0.3, 0.4) is 0 Å². The first-order valence-electron chi connectivity index (χ1n) is 8.23. The fourth-order valence-corrected chi connectivity index (χ4v) is 3.93. The lowest BCUT2D eigenvalue weighted by molar-refractivity contribution is -0.120. The number of amides is 1. The summed E-state index contributed by atoms with van der Waals surface area (Å²) in [5, 5.41) is 9.19. The average molecular weight is 414 g/mol. The summed E-state index contributed by atoms with van der Waals surface area (Å²) in [5.41, 5.74) is 0.537. The van der Waals surface area contributed by atoms with E-state index in [1.165, 1.54) is 29.2 Å². The molecule has 2 aromatic carbocycles. The SMILES string of the molecule is O=C(O)c1cc(Cl)c(N2CC(Cc3ccc(F)cc3F)CCC2=O)c(Cl)c1. The van der Waals surface area contributed by atoms with Gasteiger partial charge in [-0.05, 0) is 42.5 Å². The molecule has 3 rings (SSSR count). The van der Waals surface area contributed by atoms with E-state index in [0.717, 1.165) is 6.07 Å². The van der Waals surface area contributed by atoms with Crippen molar-refractivity contribution in [2.75, 3.05) is 11.4 Å². The molecule has 1 unspecified atom stereocenters. The number of hydrogen-bond donors (Lipinski definition) is 1. The highest BCUT2D eigenvalue weighted by Gasteiger charge is 2.30. The van der Waals surface area contributed by atoms with E-state index in [-0.39, 0.29) is 46.1 Å².